The normalized spacial score (nSPS) is 12.6. The molecule has 0 spiro atoms. The van der Waals surface area contributed by atoms with Gasteiger partial charge in [-0.15, -0.1) is 0 Å². The van der Waals surface area contributed by atoms with Gasteiger partial charge in [0.15, 0.2) is 6.61 Å². The van der Waals surface area contributed by atoms with Gasteiger partial charge in [0.25, 0.3) is 5.91 Å². The number of hydrogen-bond acceptors (Lipinski definition) is 4. The van der Waals surface area contributed by atoms with Gasteiger partial charge in [-0.1, -0.05) is 26.0 Å². The van der Waals surface area contributed by atoms with E-state index in [9.17, 15) is 17.6 Å². The molecule has 2 aromatic carbocycles. The van der Waals surface area contributed by atoms with Crippen LogP contribution in [0.25, 0.3) is 0 Å². The average molecular weight is 423 g/mol. The van der Waals surface area contributed by atoms with Crippen molar-refractivity contribution in [2.24, 2.45) is 0 Å². The second-order valence-corrected chi connectivity index (χ2v) is 8.58. The van der Waals surface area contributed by atoms with Gasteiger partial charge in [-0.25, -0.2) is 12.8 Å². The molecule has 29 heavy (non-hydrogen) atoms. The first-order valence-electron chi connectivity index (χ1n) is 9.47. The SMILES string of the molecule is CCN(CC)S(=O)(=O)c1ccc(OCC(=O)NC(C)c2ccc(F)cc2)c(C)c1. The number of amides is 1. The van der Waals surface area contributed by atoms with Crippen molar-refractivity contribution in [3.63, 3.8) is 0 Å². The summed E-state index contributed by atoms with van der Waals surface area (Å²) in [5.74, 6) is -0.230. The van der Waals surface area contributed by atoms with E-state index >= 15 is 0 Å². The van der Waals surface area contributed by atoms with Crippen LogP contribution in [0.4, 0.5) is 4.39 Å². The van der Waals surface area contributed by atoms with Crippen LogP contribution in [-0.4, -0.2) is 38.3 Å². The van der Waals surface area contributed by atoms with Crippen LogP contribution in [-0.2, 0) is 14.8 Å². The highest BCUT2D eigenvalue weighted by molar-refractivity contribution is 7.89. The number of benzene rings is 2. The number of rotatable bonds is 9. The van der Waals surface area contributed by atoms with Gasteiger partial charge in [0.2, 0.25) is 10.0 Å². The topological polar surface area (TPSA) is 75.7 Å². The molecule has 1 unspecified atom stereocenters. The Morgan fingerprint density at radius 3 is 2.31 bits per heavy atom. The lowest BCUT2D eigenvalue weighted by Crippen LogP contribution is -2.31. The molecule has 6 nitrogen and oxygen atoms in total. The molecule has 0 saturated carbocycles. The maximum absolute atomic E-state index is 13.0. The Labute approximate surface area is 171 Å². The van der Waals surface area contributed by atoms with Crippen molar-refractivity contribution in [1.82, 2.24) is 9.62 Å². The Kier molecular flexibility index (Phi) is 7.75. The van der Waals surface area contributed by atoms with E-state index in [0.717, 1.165) is 5.56 Å². The molecule has 1 N–H and O–H groups in total. The zero-order chi connectivity index (χ0) is 21.6. The van der Waals surface area contributed by atoms with Crippen molar-refractivity contribution in [3.8, 4) is 5.75 Å². The quantitative estimate of drug-likeness (QED) is 0.672. The Hall–Kier alpha value is -2.45. The lowest BCUT2D eigenvalue weighted by atomic mass is 10.1. The molecule has 0 radical (unpaired) electrons. The molecule has 0 aliphatic carbocycles. The van der Waals surface area contributed by atoms with Gasteiger partial charge < -0.3 is 10.1 Å². The van der Waals surface area contributed by atoms with Gasteiger partial charge in [0.05, 0.1) is 10.9 Å². The van der Waals surface area contributed by atoms with E-state index in [0.29, 0.717) is 24.4 Å². The number of hydrogen-bond donors (Lipinski definition) is 1. The number of nitrogens with zero attached hydrogens (tertiary/aromatic N) is 1. The fourth-order valence-electron chi connectivity index (χ4n) is 2.92. The summed E-state index contributed by atoms with van der Waals surface area (Å²) in [6, 6.07) is 10.2. The fraction of sp³-hybridized carbons (Fsp3) is 0.381. The molecule has 0 aliphatic heterocycles. The smallest absolute Gasteiger partial charge is 0.258 e. The molecular formula is C21H27FN2O4S. The summed E-state index contributed by atoms with van der Waals surface area (Å²) in [7, 11) is -3.55. The van der Waals surface area contributed by atoms with Crippen LogP contribution in [0.1, 0.15) is 37.9 Å². The van der Waals surface area contributed by atoms with Crippen LogP contribution in [0.3, 0.4) is 0 Å². The first-order chi connectivity index (χ1) is 13.7. The van der Waals surface area contributed by atoms with Crippen LogP contribution in [0, 0.1) is 12.7 Å². The number of nitrogens with one attached hydrogen (secondary N) is 1. The predicted octanol–water partition coefficient (Wildman–Crippen LogP) is 3.42. The third kappa shape index (κ3) is 5.77. The third-order valence-corrected chi connectivity index (χ3v) is 6.64. The molecule has 0 fully saturated rings. The lowest BCUT2D eigenvalue weighted by molar-refractivity contribution is -0.123. The zero-order valence-corrected chi connectivity index (χ0v) is 17.9. The van der Waals surface area contributed by atoms with E-state index in [1.807, 2.05) is 0 Å². The molecule has 0 heterocycles. The third-order valence-electron chi connectivity index (χ3n) is 4.60. The molecule has 8 heteroatoms. The van der Waals surface area contributed by atoms with E-state index < -0.39 is 10.0 Å². The first-order valence-corrected chi connectivity index (χ1v) is 10.9. The molecule has 0 aromatic heterocycles. The zero-order valence-electron chi connectivity index (χ0n) is 17.1. The monoisotopic (exact) mass is 422 g/mol. The van der Waals surface area contributed by atoms with Crippen LogP contribution >= 0.6 is 0 Å². The van der Waals surface area contributed by atoms with E-state index in [1.54, 1.807) is 52.0 Å². The second-order valence-electron chi connectivity index (χ2n) is 6.65. The van der Waals surface area contributed by atoms with Crippen LogP contribution in [0.15, 0.2) is 47.4 Å². The fourth-order valence-corrected chi connectivity index (χ4v) is 4.46. The number of sulfonamides is 1. The number of carbonyl (C=O) groups excluding carboxylic acids is 1. The van der Waals surface area contributed by atoms with Crippen LogP contribution in [0.5, 0.6) is 5.75 Å². The maximum Gasteiger partial charge on any atom is 0.258 e. The predicted molar refractivity (Wildman–Crippen MR) is 110 cm³/mol. The minimum Gasteiger partial charge on any atom is -0.484 e. The van der Waals surface area contributed by atoms with Crippen molar-refractivity contribution < 1.29 is 22.3 Å². The van der Waals surface area contributed by atoms with Crippen molar-refractivity contribution in [1.29, 1.82) is 0 Å². The van der Waals surface area contributed by atoms with E-state index in [4.69, 9.17) is 4.74 Å². The highest BCUT2D eigenvalue weighted by Crippen LogP contribution is 2.24. The summed E-state index contributed by atoms with van der Waals surface area (Å²) in [4.78, 5) is 12.4. The summed E-state index contributed by atoms with van der Waals surface area (Å²) < 4.78 is 45.1. The Bertz CT molecular complexity index is 942. The largest absolute Gasteiger partial charge is 0.484 e. The summed E-state index contributed by atoms with van der Waals surface area (Å²) in [6.45, 7) is 7.67. The number of halogens is 1. The summed E-state index contributed by atoms with van der Waals surface area (Å²) in [6.07, 6.45) is 0. The minimum atomic E-state index is -3.55. The molecule has 2 rings (SSSR count). The second kappa shape index (κ2) is 9.84. The van der Waals surface area contributed by atoms with E-state index in [-0.39, 0.29) is 29.3 Å². The highest BCUT2D eigenvalue weighted by Gasteiger charge is 2.22. The first kappa shape index (κ1) is 22.8. The average Bonchev–Trinajstić information content (AvgIpc) is 2.68. The molecule has 0 saturated heterocycles. The summed E-state index contributed by atoms with van der Waals surface area (Å²) in [5.41, 5.74) is 1.40. The number of carbonyl (C=O) groups is 1. The molecule has 1 amide bonds. The molecule has 0 aliphatic rings. The summed E-state index contributed by atoms with van der Waals surface area (Å²) >= 11 is 0. The standard InChI is InChI=1S/C21H27FN2O4S/c1-5-24(6-2)29(26,27)19-11-12-20(15(3)13-19)28-14-21(25)23-16(4)17-7-9-18(22)10-8-17/h7-13,16H,5-6,14H2,1-4H3,(H,23,25). The van der Waals surface area contributed by atoms with Crippen molar-refractivity contribution in [2.75, 3.05) is 19.7 Å². The van der Waals surface area contributed by atoms with Crippen molar-refractivity contribution in [3.05, 3.63) is 59.4 Å². The van der Waals surface area contributed by atoms with Crippen LogP contribution < -0.4 is 10.1 Å². The molecule has 2 aromatic rings. The Morgan fingerprint density at radius 2 is 1.76 bits per heavy atom. The maximum atomic E-state index is 13.0. The van der Waals surface area contributed by atoms with E-state index in [2.05, 4.69) is 5.32 Å². The number of ether oxygens (including phenoxy) is 1. The van der Waals surface area contributed by atoms with Gasteiger partial charge in [-0.3, -0.25) is 4.79 Å². The molecule has 1 atom stereocenters. The van der Waals surface area contributed by atoms with Gasteiger partial charge in [-0.05, 0) is 55.3 Å². The van der Waals surface area contributed by atoms with Crippen molar-refractivity contribution >= 4 is 15.9 Å². The summed E-state index contributed by atoms with van der Waals surface area (Å²) in [5, 5.41) is 2.78. The highest BCUT2D eigenvalue weighted by atomic mass is 32.2. The molecule has 158 valence electrons. The van der Waals surface area contributed by atoms with Gasteiger partial charge in [0, 0.05) is 13.1 Å². The number of aryl methyl sites for hydroxylation is 1. The van der Waals surface area contributed by atoms with Crippen LogP contribution in [0.2, 0.25) is 0 Å². The van der Waals surface area contributed by atoms with Gasteiger partial charge in [-0.2, -0.15) is 4.31 Å². The Balaban J connectivity index is 2.00. The van der Waals surface area contributed by atoms with Crippen molar-refractivity contribution in [2.45, 2.75) is 38.6 Å². The van der Waals surface area contributed by atoms with Gasteiger partial charge in [0.1, 0.15) is 11.6 Å². The lowest BCUT2D eigenvalue weighted by Gasteiger charge is -2.19. The van der Waals surface area contributed by atoms with Gasteiger partial charge >= 0.3 is 0 Å². The van der Waals surface area contributed by atoms with E-state index in [1.165, 1.54) is 22.5 Å². The Morgan fingerprint density at radius 1 is 1.14 bits per heavy atom. The molecular weight excluding hydrogens is 395 g/mol. The minimum absolute atomic E-state index is 0.195. The molecule has 0 bridgehead atoms.